The van der Waals surface area contributed by atoms with Crippen molar-refractivity contribution in [3.63, 3.8) is 0 Å². The van der Waals surface area contributed by atoms with Crippen LogP contribution in [0.2, 0.25) is 5.02 Å². The lowest BCUT2D eigenvalue weighted by atomic mass is 10.3. The molecule has 0 bridgehead atoms. The number of pyridine rings is 1. The number of imidazole rings is 1. The van der Waals surface area contributed by atoms with Gasteiger partial charge in [-0.3, -0.25) is 4.40 Å². The zero-order valence-electron chi connectivity index (χ0n) is 8.02. The summed E-state index contributed by atoms with van der Waals surface area (Å²) in [6.45, 7) is 0. The van der Waals surface area contributed by atoms with E-state index in [-0.39, 0.29) is 0 Å². The highest BCUT2D eigenvalue weighted by Crippen LogP contribution is 2.27. The highest BCUT2D eigenvalue weighted by Gasteiger charge is 2.10. The smallest absolute Gasteiger partial charge is 0.169 e. The van der Waals surface area contributed by atoms with Crippen molar-refractivity contribution < 1.29 is 4.42 Å². The van der Waals surface area contributed by atoms with E-state index in [0.29, 0.717) is 9.69 Å². The maximum atomic E-state index is 6.04. The Morgan fingerprint density at radius 3 is 2.94 bits per heavy atom. The number of rotatable bonds is 1. The summed E-state index contributed by atoms with van der Waals surface area (Å²) in [6, 6.07) is 7.41. The highest BCUT2D eigenvalue weighted by molar-refractivity contribution is 9.10. The van der Waals surface area contributed by atoms with E-state index in [1.165, 1.54) is 0 Å². The van der Waals surface area contributed by atoms with Crippen molar-refractivity contribution in [2.75, 3.05) is 0 Å². The predicted molar refractivity (Wildman–Crippen MR) is 65.6 cm³/mol. The van der Waals surface area contributed by atoms with Gasteiger partial charge in [0.05, 0.1) is 11.2 Å². The van der Waals surface area contributed by atoms with Crippen molar-refractivity contribution >= 4 is 33.2 Å². The van der Waals surface area contributed by atoms with Gasteiger partial charge >= 0.3 is 0 Å². The first-order valence-corrected chi connectivity index (χ1v) is 5.80. The van der Waals surface area contributed by atoms with Crippen molar-refractivity contribution in [2.24, 2.45) is 0 Å². The minimum absolute atomic E-state index is 0.624. The number of aromatic nitrogens is 2. The SMILES string of the molecule is Clc1cccn2c(-c3ccc(Br)o3)cnc12. The largest absolute Gasteiger partial charge is 0.448 e. The Kier molecular flexibility index (Phi) is 2.26. The monoisotopic (exact) mass is 296 g/mol. The Bertz CT molecular complexity index is 659. The summed E-state index contributed by atoms with van der Waals surface area (Å²) < 4.78 is 8.08. The molecule has 0 spiro atoms. The van der Waals surface area contributed by atoms with Crippen LogP contribution in [-0.2, 0) is 0 Å². The molecule has 3 heterocycles. The molecular formula is C11H6BrClN2O. The van der Waals surface area contributed by atoms with Crippen LogP contribution in [0, 0.1) is 0 Å². The summed E-state index contributed by atoms with van der Waals surface area (Å²) >= 11 is 9.31. The standard InChI is InChI=1S/C11H6BrClN2O/c12-10-4-3-9(16-10)8-6-14-11-7(13)2-1-5-15(8)11/h1-6H. The van der Waals surface area contributed by atoms with Crippen LogP contribution in [0.3, 0.4) is 0 Å². The Morgan fingerprint density at radius 2 is 2.19 bits per heavy atom. The predicted octanol–water partition coefficient (Wildman–Crippen LogP) is 4.01. The summed E-state index contributed by atoms with van der Waals surface area (Å²) in [5.74, 6) is 0.752. The first-order chi connectivity index (χ1) is 7.75. The minimum Gasteiger partial charge on any atom is -0.448 e. The summed E-state index contributed by atoms with van der Waals surface area (Å²) in [5.41, 5.74) is 1.61. The summed E-state index contributed by atoms with van der Waals surface area (Å²) in [7, 11) is 0. The quantitative estimate of drug-likeness (QED) is 0.679. The van der Waals surface area contributed by atoms with Crippen LogP contribution in [0.15, 0.2) is 45.7 Å². The fourth-order valence-electron chi connectivity index (χ4n) is 1.61. The molecule has 0 aromatic carbocycles. The molecule has 3 nitrogen and oxygen atoms in total. The summed E-state index contributed by atoms with van der Waals surface area (Å²) in [5, 5.41) is 0.624. The lowest BCUT2D eigenvalue weighted by Gasteiger charge is -1.98. The van der Waals surface area contributed by atoms with Crippen LogP contribution in [0.5, 0.6) is 0 Å². The van der Waals surface area contributed by atoms with Gasteiger partial charge in [-0.25, -0.2) is 4.98 Å². The molecule has 5 heteroatoms. The lowest BCUT2D eigenvalue weighted by Crippen LogP contribution is -1.86. The number of nitrogens with zero attached hydrogens (tertiary/aromatic N) is 2. The van der Waals surface area contributed by atoms with E-state index in [1.54, 1.807) is 6.20 Å². The van der Waals surface area contributed by atoms with Gasteiger partial charge in [0.1, 0.15) is 5.69 Å². The van der Waals surface area contributed by atoms with Crippen molar-refractivity contribution in [1.82, 2.24) is 9.38 Å². The molecule has 0 aliphatic rings. The van der Waals surface area contributed by atoms with Gasteiger partial charge < -0.3 is 4.42 Å². The number of furan rings is 1. The molecule has 0 aliphatic heterocycles. The summed E-state index contributed by atoms with van der Waals surface area (Å²) in [6.07, 6.45) is 3.65. The molecule has 0 amide bonds. The van der Waals surface area contributed by atoms with E-state index in [4.69, 9.17) is 16.0 Å². The summed E-state index contributed by atoms with van der Waals surface area (Å²) in [4.78, 5) is 4.26. The van der Waals surface area contributed by atoms with E-state index in [9.17, 15) is 0 Å². The number of hydrogen-bond donors (Lipinski definition) is 0. The molecular weight excluding hydrogens is 291 g/mol. The zero-order chi connectivity index (χ0) is 11.1. The Hall–Kier alpha value is -1.26. The van der Waals surface area contributed by atoms with Gasteiger partial charge in [0, 0.05) is 6.20 Å². The average Bonchev–Trinajstić information content (AvgIpc) is 2.84. The number of hydrogen-bond acceptors (Lipinski definition) is 2. The molecule has 0 unspecified atom stereocenters. The Morgan fingerprint density at radius 1 is 1.31 bits per heavy atom. The van der Waals surface area contributed by atoms with E-state index in [1.807, 2.05) is 34.9 Å². The van der Waals surface area contributed by atoms with E-state index in [0.717, 1.165) is 17.1 Å². The number of fused-ring (bicyclic) bond motifs is 1. The third kappa shape index (κ3) is 1.45. The topological polar surface area (TPSA) is 30.4 Å². The van der Waals surface area contributed by atoms with Crippen molar-refractivity contribution in [3.8, 4) is 11.5 Å². The van der Waals surface area contributed by atoms with Crippen LogP contribution < -0.4 is 0 Å². The molecule has 0 radical (unpaired) electrons. The molecule has 0 atom stereocenters. The molecule has 0 N–H and O–H groups in total. The van der Waals surface area contributed by atoms with Crippen LogP contribution in [-0.4, -0.2) is 9.38 Å². The second kappa shape index (κ2) is 3.64. The van der Waals surface area contributed by atoms with E-state index in [2.05, 4.69) is 20.9 Å². The fraction of sp³-hybridized carbons (Fsp3) is 0. The van der Waals surface area contributed by atoms with Gasteiger partial charge in [-0.15, -0.1) is 0 Å². The fourth-order valence-corrected chi connectivity index (χ4v) is 2.13. The van der Waals surface area contributed by atoms with Crippen LogP contribution in [0.4, 0.5) is 0 Å². The zero-order valence-corrected chi connectivity index (χ0v) is 10.4. The van der Waals surface area contributed by atoms with Crippen molar-refractivity contribution in [2.45, 2.75) is 0 Å². The molecule has 0 saturated carbocycles. The van der Waals surface area contributed by atoms with Gasteiger partial charge in [-0.2, -0.15) is 0 Å². The van der Waals surface area contributed by atoms with Crippen molar-refractivity contribution in [1.29, 1.82) is 0 Å². The normalized spacial score (nSPS) is 11.1. The molecule has 3 rings (SSSR count). The molecule has 0 saturated heterocycles. The van der Waals surface area contributed by atoms with Crippen LogP contribution in [0.1, 0.15) is 0 Å². The molecule has 3 aromatic heterocycles. The Labute approximate surface area is 105 Å². The third-order valence-corrected chi connectivity index (χ3v) is 3.04. The third-order valence-electron chi connectivity index (χ3n) is 2.31. The number of halogens is 2. The molecule has 16 heavy (non-hydrogen) atoms. The first kappa shape index (κ1) is 9.93. The second-order valence-electron chi connectivity index (χ2n) is 3.30. The average molecular weight is 298 g/mol. The molecule has 80 valence electrons. The second-order valence-corrected chi connectivity index (χ2v) is 4.49. The van der Waals surface area contributed by atoms with Crippen LogP contribution >= 0.6 is 27.5 Å². The van der Waals surface area contributed by atoms with Crippen molar-refractivity contribution in [3.05, 3.63) is 46.4 Å². The van der Waals surface area contributed by atoms with E-state index < -0.39 is 0 Å². The molecule has 3 aromatic rings. The van der Waals surface area contributed by atoms with Gasteiger partial charge in [0.25, 0.3) is 0 Å². The molecule has 0 aliphatic carbocycles. The maximum Gasteiger partial charge on any atom is 0.169 e. The maximum absolute atomic E-state index is 6.04. The first-order valence-electron chi connectivity index (χ1n) is 4.63. The lowest BCUT2D eigenvalue weighted by molar-refractivity contribution is 0.553. The minimum atomic E-state index is 0.624. The van der Waals surface area contributed by atoms with Gasteiger partial charge in [0.2, 0.25) is 0 Å². The van der Waals surface area contributed by atoms with Gasteiger partial charge in [-0.05, 0) is 40.2 Å². The van der Waals surface area contributed by atoms with Gasteiger partial charge in [-0.1, -0.05) is 11.6 Å². The highest BCUT2D eigenvalue weighted by atomic mass is 79.9. The van der Waals surface area contributed by atoms with E-state index >= 15 is 0 Å². The van der Waals surface area contributed by atoms with Crippen LogP contribution in [0.25, 0.3) is 17.1 Å². The van der Waals surface area contributed by atoms with Gasteiger partial charge in [0.15, 0.2) is 16.1 Å². The Balaban J connectivity index is 2.29. The molecule has 0 fully saturated rings.